The number of nitrogens with zero attached hydrogens (tertiary/aromatic N) is 1. The van der Waals surface area contributed by atoms with Crippen molar-refractivity contribution in [3.05, 3.63) is 0 Å². The van der Waals surface area contributed by atoms with Crippen molar-refractivity contribution in [3.8, 4) is 0 Å². The third-order valence-electron chi connectivity index (χ3n) is 4.98. The zero-order valence-electron chi connectivity index (χ0n) is 13.9. The molecule has 1 saturated carbocycles. The van der Waals surface area contributed by atoms with E-state index in [0.29, 0.717) is 31.0 Å². The fraction of sp³-hybridized carbons (Fsp3) is 0.941. The molecule has 2 rings (SSSR count). The molecule has 4 nitrogen and oxygen atoms in total. The topological polar surface area (TPSA) is 41.6 Å². The molecule has 0 aromatic heterocycles. The molecule has 1 heterocycles. The Morgan fingerprint density at radius 1 is 1.29 bits per heavy atom. The predicted octanol–water partition coefficient (Wildman–Crippen LogP) is 2.43. The highest BCUT2D eigenvalue weighted by Gasteiger charge is 2.30. The van der Waals surface area contributed by atoms with Crippen LogP contribution in [0.4, 0.5) is 0 Å². The molecule has 0 bridgehead atoms. The summed E-state index contributed by atoms with van der Waals surface area (Å²) in [6.45, 7) is 10.2. The summed E-state index contributed by atoms with van der Waals surface area (Å²) >= 11 is 0. The summed E-state index contributed by atoms with van der Waals surface area (Å²) < 4.78 is 5.12. The molecular weight excluding hydrogens is 264 g/mol. The Balaban J connectivity index is 1.83. The van der Waals surface area contributed by atoms with Crippen LogP contribution in [0.15, 0.2) is 0 Å². The zero-order chi connectivity index (χ0) is 15.2. The van der Waals surface area contributed by atoms with E-state index in [0.717, 1.165) is 32.0 Å². The number of nitrogens with one attached hydrogen (secondary N) is 1. The molecule has 2 fully saturated rings. The Kier molecular flexibility index (Phi) is 6.49. The summed E-state index contributed by atoms with van der Waals surface area (Å²) in [7, 11) is 0. The largest absolute Gasteiger partial charge is 0.466 e. The van der Waals surface area contributed by atoms with Gasteiger partial charge in [-0.05, 0) is 58.4 Å². The molecule has 1 saturated heterocycles. The van der Waals surface area contributed by atoms with Crippen LogP contribution in [0.2, 0.25) is 0 Å². The van der Waals surface area contributed by atoms with Crippen LogP contribution >= 0.6 is 0 Å². The molecule has 1 aliphatic carbocycles. The van der Waals surface area contributed by atoms with Gasteiger partial charge in [-0.3, -0.25) is 9.69 Å². The predicted molar refractivity (Wildman–Crippen MR) is 85.2 cm³/mol. The van der Waals surface area contributed by atoms with Crippen molar-refractivity contribution >= 4 is 5.97 Å². The van der Waals surface area contributed by atoms with Crippen molar-refractivity contribution in [2.75, 3.05) is 26.2 Å². The number of rotatable bonds is 7. The number of likely N-dealkylation sites (tertiary alicyclic amines) is 1. The lowest BCUT2D eigenvalue weighted by Crippen LogP contribution is -2.52. The summed E-state index contributed by atoms with van der Waals surface area (Å²) in [4.78, 5) is 14.3. The van der Waals surface area contributed by atoms with Gasteiger partial charge < -0.3 is 10.1 Å². The van der Waals surface area contributed by atoms with Gasteiger partial charge in [-0.15, -0.1) is 0 Å². The summed E-state index contributed by atoms with van der Waals surface area (Å²) in [5, 5.41) is 3.75. The Bertz CT molecular complexity index is 329. The number of piperidine rings is 1. The van der Waals surface area contributed by atoms with E-state index >= 15 is 0 Å². The second-order valence-corrected chi connectivity index (χ2v) is 7.06. The quantitative estimate of drug-likeness (QED) is 0.733. The SMILES string of the molecule is CCOC(=O)CC1CC(NCC2CCC2)CN(C(C)C)C1. The van der Waals surface area contributed by atoms with E-state index in [-0.39, 0.29) is 5.97 Å². The molecule has 0 radical (unpaired) electrons. The van der Waals surface area contributed by atoms with Gasteiger partial charge in [0.05, 0.1) is 6.61 Å². The first-order chi connectivity index (χ1) is 10.1. The molecule has 122 valence electrons. The van der Waals surface area contributed by atoms with E-state index in [1.807, 2.05) is 6.92 Å². The van der Waals surface area contributed by atoms with Gasteiger partial charge >= 0.3 is 5.97 Å². The minimum Gasteiger partial charge on any atom is -0.466 e. The third-order valence-corrected chi connectivity index (χ3v) is 4.98. The van der Waals surface area contributed by atoms with E-state index in [2.05, 4.69) is 24.1 Å². The van der Waals surface area contributed by atoms with Crippen LogP contribution in [0, 0.1) is 11.8 Å². The number of ether oxygens (including phenoxy) is 1. The summed E-state index contributed by atoms with van der Waals surface area (Å²) in [6.07, 6.45) is 5.85. The van der Waals surface area contributed by atoms with Gasteiger partial charge in [0, 0.05) is 31.6 Å². The Morgan fingerprint density at radius 3 is 2.62 bits per heavy atom. The molecule has 0 aromatic rings. The van der Waals surface area contributed by atoms with Gasteiger partial charge in [-0.25, -0.2) is 0 Å². The molecule has 2 aliphatic rings. The third kappa shape index (κ3) is 5.26. The van der Waals surface area contributed by atoms with Crippen LogP contribution in [0.3, 0.4) is 0 Å². The zero-order valence-corrected chi connectivity index (χ0v) is 13.9. The molecule has 0 amide bonds. The highest BCUT2D eigenvalue weighted by molar-refractivity contribution is 5.69. The van der Waals surface area contributed by atoms with Crippen LogP contribution in [0.5, 0.6) is 0 Å². The Morgan fingerprint density at radius 2 is 2.05 bits per heavy atom. The van der Waals surface area contributed by atoms with E-state index in [1.54, 1.807) is 0 Å². The minimum absolute atomic E-state index is 0.0363. The maximum absolute atomic E-state index is 11.8. The van der Waals surface area contributed by atoms with E-state index in [4.69, 9.17) is 4.74 Å². The normalized spacial score (nSPS) is 27.6. The molecule has 2 unspecified atom stereocenters. The van der Waals surface area contributed by atoms with E-state index in [9.17, 15) is 4.79 Å². The van der Waals surface area contributed by atoms with Crippen LogP contribution in [0.25, 0.3) is 0 Å². The maximum atomic E-state index is 11.8. The molecule has 2 atom stereocenters. The summed E-state index contributed by atoms with van der Waals surface area (Å²) in [5.74, 6) is 1.29. The fourth-order valence-electron chi connectivity index (χ4n) is 3.44. The monoisotopic (exact) mass is 296 g/mol. The number of hydrogen-bond acceptors (Lipinski definition) is 4. The summed E-state index contributed by atoms with van der Waals surface area (Å²) in [5.41, 5.74) is 0. The van der Waals surface area contributed by atoms with Crippen LogP contribution in [0.1, 0.15) is 52.9 Å². The lowest BCUT2D eigenvalue weighted by atomic mass is 9.84. The number of carbonyl (C=O) groups is 1. The molecule has 1 aliphatic heterocycles. The lowest BCUT2D eigenvalue weighted by Gasteiger charge is -2.41. The smallest absolute Gasteiger partial charge is 0.306 e. The van der Waals surface area contributed by atoms with E-state index in [1.165, 1.54) is 19.3 Å². The van der Waals surface area contributed by atoms with Crippen molar-refractivity contribution in [2.24, 2.45) is 11.8 Å². The van der Waals surface area contributed by atoms with Gasteiger partial charge in [0.15, 0.2) is 0 Å². The van der Waals surface area contributed by atoms with Crippen molar-refractivity contribution < 1.29 is 9.53 Å². The van der Waals surface area contributed by atoms with Gasteiger partial charge in [0.25, 0.3) is 0 Å². The van der Waals surface area contributed by atoms with Gasteiger partial charge in [-0.1, -0.05) is 6.42 Å². The Labute approximate surface area is 129 Å². The first-order valence-corrected chi connectivity index (χ1v) is 8.71. The van der Waals surface area contributed by atoms with Crippen molar-refractivity contribution in [2.45, 2.75) is 65.0 Å². The first kappa shape index (κ1) is 16.8. The maximum Gasteiger partial charge on any atom is 0.306 e. The number of carbonyl (C=O) groups excluding carboxylic acids is 1. The molecule has 4 heteroatoms. The van der Waals surface area contributed by atoms with Crippen molar-refractivity contribution in [1.29, 1.82) is 0 Å². The van der Waals surface area contributed by atoms with Crippen LogP contribution in [-0.4, -0.2) is 49.2 Å². The van der Waals surface area contributed by atoms with Gasteiger partial charge in [0.1, 0.15) is 0 Å². The lowest BCUT2D eigenvalue weighted by molar-refractivity contribution is -0.144. The second kappa shape index (κ2) is 8.14. The molecule has 1 N–H and O–H groups in total. The van der Waals surface area contributed by atoms with Gasteiger partial charge in [0.2, 0.25) is 0 Å². The Hall–Kier alpha value is -0.610. The molecule has 0 aromatic carbocycles. The highest BCUT2D eigenvalue weighted by atomic mass is 16.5. The second-order valence-electron chi connectivity index (χ2n) is 7.06. The summed E-state index contributed by atoms with van der Waals surface area (Å²) in [6, 6.07) is 1.07. The molecular formula is C17H32N2O2. The van der Waals surface area contributed by atoms with Crippen LogP contribution < -0.4 is 5.32 Å². The number of hydrogen-bond donors (Lipinski definition) is 1. The number of esters is 1. The van der Waals surface area contributed by atoms with Crippen molar-refractivity contribution in [3.63, 3.8) is 0 Å². The average molecular weight is 296 g/mol. The first-order valence-electron chi connectivity index (χ1n) is 8.71. The minimum atomic E-state index is -0.0363. The molecule has 0 spiro atoms. The van der Waals surface area contributed by atoms with Crippen LogP contribution in [-0.2, 0) is 9.53 Å². The average Bonchev–Trinajstić information content (AvgIpc) is 2.36. The standard InChI is InChI=1S/C17H32N2O2/c1-4-21-17(20)9-15-8-16(12-19(11-15)13(2)3)18-10-14-6-5-7-14/h13-16,18H,4-12H2,1-3H3. The molecule has 21 heavy (non-hydrogen) atoms. The fourth-order valence-corrected chi connectivity index (χ4v) is 3.44. The van der Waals surface area contributed by atoms with Crippen molar-refractivity contribution in [1.82, 2.24) is 10.2 Å². The van der Waals surface area contributed by atoms with E-state index < -0.39 is 0 Å². The highest BCUT2D eigenvalue weighted by Crippen LogP contribution is 2.27. The van der Waals surface area contributed by atoms with Gasteiger partial charge in [-0.2, -0.15) is 0 Å².